The number of aryl methyl sites for hydroxylation is 1. The number of rotatable bonds is 4. The first-order chi connectivity index (χ1) is 12.7. The molecule has 2 aromatic heterocycles. The third-order valence-electron chi connectivity index (χ3n) is 3.73. The number of anilines is 1. The van der Waals surface area contributed by atoms with Gasteiger partial charge in [0.15, 0.2) is 0 Å². The van der Waals surface area contributed by atoms with Crippen LogP contribution >= 0.6 is 11.3 Å². The summed E-state index contributed by atoms with van der Waals surface area (Å²) >= 11 is 1.38. The molecule has 0 fully saturated rings. The molecule has 0 aliphatic heterocycles. The van der Waals surface area contributed by atoms with Crippen LogP contribution in [0, 0.1) is 6.92 Å². The number of nitrogens with zero attached hydrogens (tertiary/aromatic N) is 5. The van der Waals surface area contributed by atoms with Gasteiger partial charge in [-0.2, -0.15) is 0 Å². The molecule has 0 aliphatic carbocycles. The molecule has 1 amide bonds. The lowest BCUT2D eigenvalue weighted by atomic mass is 10.1. The highest BCUT2D eigenvalue weighted by atomic mass is 32.1. The maximum absolute atomic E-state index is 12.8. The van der Waals surface area contributed by atoms with Crippen LogP contribution in [0.4, 0.5) is 5.69 Å². The Morgan fingerprint density at radius 2 is 1.85 bits per heavy atom. The summed E-state index contributed by atoms with van der Waals surface area (Å²) in [5, 5.41) is 14.8. The van der Waals surface area contributed by atoms with Crippen LogP contribution in [0.3, 0.4) is 0 Å². The van der Waals surface area contributed by atoms with Crippen molar-refractivity contribution in [1.29, 1.82) is 0 Å². The lowest BCUT2D eigenvalue weighted by Gasteiger charge is -2.06. The van der Waals surface area contributed by atoms with E-state index in [4.69, 9.17) is 0 Å². The van der Waals surface area contributed by atoms with Gasteiger partial charge < -0.3 is 5.32 Å². The van der Waals surface area contributed by atoms with E-state index >= 15 is 0 Å². The molecule has 4 aromatic rings. The van der Waals surface area contributed by atoms with Gasteiger partial charge in [-0.3, -0.25) is 4.79 Å². The molecule has 2 heterocycles. The van der Waals surface area contributed by atoms with Gasteiger partial charge in [0.25, 0.3) is 5.91 Å². The van der Waals surface area contributed by atoms with Gasteiger partial charge in [-0.1, -0.05) is 30.3 Å². The Balaban J connectivity index is 1.57. The first-order valence-corrected chi connectivity index (χ1v) is 8.70. The topological polar surface area (TPSA) is 85.6 Å². The molecule has 7 nitrogen and oxygen atoms in total. The van der Waals surface area contributed by atoms with Crippen molar-refractivity contribution in [2.45, 2.75) is 6.92 Å². The molecule has 8 heteroatoms. The second-order valence-electron chi connectivity index (χ2n) is 5.53. The van der Waals surface area contributed by atoms with Crippen LogP contribution < -0.4 is 5.32 Å². The highest BCUT2D eigenvalue weighted by molar-refractivity contribution is 7.14. The van der Waals surface area contributed by atoms with Gasteiger partial charge >= 0.3 is 0 Å². The molecule has 2 aromatic carbocycles. The molecule has 4 rings (SSSR count). The van der Waals surface area contributed by atoms with Crippen LogP contribution in [-0.4, -0.2) is 31.1 Å². The maximum atomic E-state index is 12.8. The van der Waals surface area contributed by atoms with Crippen LogP contribution in [0.5, 0.6) is 0 Å². The van der Waals surface area contributed by atoms with E-state index in [-0.39, 0.29) is 5.91 Å². The maximum Gasteiger partial charge on any atom is 0.268 e. The van der Waals surface area contributed by atoms with E-state index in [1.54, 1.807) is 4.68 Å². The van der Waals surface area contributed by atoms with Crippen molar-refractivity contribution in [2.24, 2.45) is 0 Å². The smallest absolute Gasteiger partial charge is 0.268 e. The highest BCUT2D eigenvalue weighted by Crippen LogP contribution is 2.28. The Morgan fingerprint density at radius 1 is 1.08 bits per heavy atom. The van der Waals surface area contributed by atoms with Crippen molar-refractivity contribution < 1.29 is 4.79 Å². The number of aromatic nitrogens is 5. The number of nitrogens with one attached hydrogen (secondary N) is 1. The fourth-order valence-corrected chi connectivity index (χ4v) is 3.37. The number of carbonyl (C=O) groups excluding carboxylic acids is 1. The average Bonchev–Trinajstić information content (AvgIpc) is 3.33. The first kappa shape index (κ1) is 16.1. The number of hydrogen-bond donors (Lipinski definition) is 1. The molecule has 26 heavy (non-hydrogen) atoms. The SMILES string of the molecule is Cc1nc(-c2ccccc2)c(C(=O)Nc2ccc(-n3cnnn3)cc2)s1. The third kappa shape index (κ3) is 3.22. The van der Waals surface area contributed by atoms with Gasteiger partial charge in [0, 0.05) is 11.3 Å². The Morgan fingerprint density at radius 3 is 2.54 bits per heavy atom. The largest absolute Gasteiger partial charge is 0.321 e. The summed E-state index contributed by atoms with van der Waals surface area (Å²) in [6.45, 7) is 1.90. The summed E-state index contributed by atoms with van der Waals surface area (Å²) < 4.78 is 1.55. The third-order valence-corrected chi connectivity index (χ3v) is 4.70. The zero-order chi connectivity index (χ0) is 17.9. The Labute approximate surface area is 153 Å². The van der Waals surface area contributed by atoms with E-state index in [2.05, 4.69) is 25.8 Å². The molecule has 1 N–H and O–H groups in total. The van der Waals surface area contributed by atoms with Crippen molar-refractivity contribution >= 4 is 22.9 Å². The molecule has 0 bridgehead atoms. The molecule has 0 saturated heterocycles. The summed E-state index contributed by atoms with van der Waals surface area (Å²) in [7, 11) is 0. The quantitative estimate of drug-likeness (QED) is 0.602. The predicted molar refractivity (Wildman–Crippen MR) is 99.4 cm³/mol. The number of hydrogen-bond acceptors (Lipinski definition) is 6. The van der Waals surface area contributed by atoms with Crippen LogP contribution in [-0.2, 0) is 0 Å². The van der Waals surface area contributed by atoms with Crippen molar-refractivity contribution in [1.82, 2.24) is 25.2 Å². The van der Waals surface area contributed by atoms with E-state index in [0.717, 1.165) is 16.3 Å². The summed E-state index contributed by atoms with van der Waals surface area (Å²) in [4.78, 5) is 17.9. The highest BCUT2D eigenvalue weighted by Gasteiger charge is 2.18. The Hall–Kier alpha value is -3.39. The van der Waals surface area contributed by atoms with Crippen LogP contribution in [0.1, 0.15) is 14.7 Å². The number of thiazole rings is 1. The second kappa shape index (κ2) is 6.85. The van der Waals surface area contributed by atoms with Crippen LogP contribution in [0.25, 0.3) is 16.9 Å². The summed E-state index contributed by atoms with van der Waals surface area (Å²) in [5.74, 6) is -0.176. The van der Waals surface area contributed by atoms with Crippen molar-refractivity contribution in [3.8, 4) is 16.9 Å². The summed E-state index contributed by atoms with van der Waals surface area (Å²) in [5.41, 5.74) is 3.13. The lowest BCUT2D eigenvalue weighted by molar-refractivity contribution is 0.103. The molecule has 0 radical (unpaired) electrons. The normalized spacial score (nSPS) is 10.7. The van der Waals surface area contributed by atoms with E-state index < -0.39 is 0 Å². The van der Waals surface area contributed by atoms with E-state index in [1.165, 1.54) is 17.7 Å². The minimum absolute atomic E-state index is 0.176. The van der Waals surface area contributed by atoms with E-state index in [9.17, 15) is 4.79 Å². The van der Waals surface area contributed by atoms with Gasteiger partial charge in [-0.25, -0.2) is 9.67 Å². The summed E-state index contributed by atoms with van der Waals surface area (Å²) in [6, 6.07) is 17.0. The Bertz CT molecular complexity index is 1030. The zero-order valence-corrected chi connectivity index (χ0v) is 14.6. The number of benzene rings is 2. The van der Waals surface area contributed by atoms with E-state index in [0.29, 0.717) is 16.3 Å². The minimum Gasteiger partial charge on any atom is -0.321 e. The fourth-order valence-electron chi connectivity index (χ4n) is 2.54. The number of tetrazole rings is 1. The summed E-state index contributed by atoms with van der Waals surface area (Å²) in [6.07, 6.45) is 1.51. The van der Waals surface area contributed by atoms with Gasteiger partial charge in [-0.05, 0) is 41.6 Å². The fraction of sp³-hybridized carbons (Fsp3) is 0.0556. The molecular weight excluding hydrogens is 348 g/mol. The van der Waals surface area contributed by atoms with Gasteiger partial charge in [0.05, 0.1) is 16.4 Å². The monoisotopic (exact) mass is 362 g/mol. The molecular formula is C18H14N6OS. The molecule has 128 valence electrons. The molecule has 0 saturated carbocycles. The van der Waals surface area contributed by atoms with Crippen LogP contribution in [0.2, 0.25) is 0 Å². The molecule has 0 spiro atoms. The molecule has 0 atom stereocenters. The molecule has 0 unspecified atom stereocenters. The van der Waals surface area contributed by atoms with Crippen LogP contribution in [0.15, 0.2) is 60.9 Å². The van der Waals surface area contributed by atoms with Crippen molar-refractivity contribution in [3.63, 3.8) is 0 Å². The standard InChI is InChI=1S/C18H14N6OS/c1-12-20-16(13-5-3-2-4-6-13)17(26-12)18(25)21-14-7-9-15(10-8-14)24-11-19-22-23-24/h2-11H,1H3,(H,21,25). The minimum atomic E-state index is -0.176. The van der Waals surface area contributed by atoms with Crippen molar-refractivity contribution in [2.75, 3.05) is 5.32 Å². The van der Waals surface area contributed by atoms with Gasteiger partial charge in [0.2, 0.25) is 0 Å². The number of amides is 1. The average molecular weight is 362 g/mol. The molecule has 0 aliphatic rings. The number of carbonyl (C=O) groups is 1. The zero-order valence-electron chi connectivity index (χ0n) is 13.8. The van der Waals surface area contributed by atoms with E-state index in [1.807, 2.05) is 61.5 Å². The van der Waals surface area contributed by atoms with Crippen molar-refractivity contribution in [3.05, 3.63) is 70.8 Å². The first-order valence-electron chi connectivity index (χ1n) is 7.88. The van der Waals surface area contributed by atoms with Gasteiger partial charge in [-0.15, -0.1) is 16.4 Å². The Kier molecular flexibility index (Phi) is 4.24. The van der Waals surface area contributed by atoms with Gasteiger partial charge in [0.1, 0.15) is 11.2 Å². The predicted octanol–water partition coefficient (Wildman–Crippen LogP) is 3.35. The lowest BCUT2D eigenvalue weighted by Crippen LogP contribution is -2.11. The second-order valence-corrected chi connectivity index (χ2v) is 6.74.